The molecule has 0 aliphatic rings. The molecule has 0 saturated heterocycles. The number of amides is 1. The summed E-state index contributed by atoms with van der Waals surface area (Å²) in [5.74, 6) is -0.481. The van der Waals surface area contributed by atoms with Gasteiger partial charge in [0.1, 0.15) is 0 Å². The van der Waals surface area contributed by atoms with Crippen LogP contribution in [0, 0.1) is 13.8 Å². The largest absolute Gasteiger partial charge is 0.399 e. The lowest BCUT2D eigenvalue weighted by atomic mass is 10.1. The number of nitrogens with two attached hydrogens (primary N) is 2. The molecule has 0 atom stereocenters. The summed E-state index contributed by atoms with van der Waals surface area (Å²) in [5.41, 5.74) is 14.6. The lowest BCUT2D eigenvalue weighted by molar-refractivity contribution is 0.100. The van der Waals surface area contributed by atoms with E-state index in [1.807, 2.05) is 18.4 Å². The Kier molecular flexibility index (Phi) is 2.59. The van der Waals surface area contributed by atoms with Gasteiger partial charge in [-0.3, -0.25) is 4.79 Å². The fraction of sp³-hybridized carbons (Fsp3) is 0.167. The highest BCUT2D eigenvalue weighted by atomic mass is 16.1. The van der Waals surface area contributed by atoms with Gasteiger partial charge in [-0.25, -0.2) is 4.98 Å². The quantitative estimate of drug-likeness (QED) is 0.759. The number of nitrogens with zero attached hydrogens (tertiary/aromatic N) is 2. The van der Waals surface area contributed by atoms with E-state index in [4.69, 9.17) is 11.5 Å². The lowest BCUT2D eigenvalue weighted by Gasteiger charge is -2.10. The second kappa shape index (κ2) is 3.93. The van der Waals surface area contributed by atoms with Crippen molar-refractivity contribution in [3.63, 3.8) is 0 Å². The van der Waals surface area contributed by atoms with Gasteiger partial charge in [-0.15, -0.1) is 0 Å². The number of rotatable bonds is 2. The van der Waals surface area contributed by atoms with Gasteiger partial charge < -0.3 is 16.0 Å². The molecule has 1 amide bonds. The highest BCUT2D eigenvalue weighted by Crippen LogP contribution is 2.20. The molecule has 0 spiro atoms. The predicted octanol–water partition coefficient (Wildman–Crippen LogP) is 1.17. The van der Waals surface area contributed by atoms with Crippen LogP contribution in [-0.2, 0) is 0 Å². The Morgan fingerprint density at radius 1 is 1.35 bits per heavy atom. The molecule has 1 aromatic heterocycles. The van der Waals surface area contributed by atoms with Crippen molar-refractivity contribution in [1.29, 1.82) is 0 Å². The third kappa shape index (κ3) is 1.87. The number of hydrogen-bond donors (Lipinski definition) is 2. The fourth-order valence-corrected chi connectivity index (χ4v) is 1.70. The Bertz CT molecular complexity index is 586. The first-order chi connectivity index (χ1) is 8.00. The van der Waals surface area contributed by atoms with Crippen LogP contribution in [0.5, 0.6) is 0 Å². The monoisotopic (exact) mass is 230 g/mol. The van der Waals surface area contributed by atoms with Gasteiger partial charge in [0, 0.05) is 11.4 Å². The summed E-state index contributed by atoms with van der Waals surface area (Å²) >= 11 is 0. The van der Waals surface area contributed by atoms with Crippen LogP contribution in [-0.4, -0.2) is 15.5 Å². The molecule has 0 fully saturated rings. The van der Waals surface area contributed by atoms with Gasteiger partial charge in [-0.05, 0) is 32.0 Å². The van der Waals surface area contributed by atoms with Crippen molar-refractivity contribution in [2.24, 2.45) is 5.73 Å². The van der Waals surface area contributed by atoms with E-state index in [9.17, 15) is 4.79 Å². The van der Waals surface area contributed by atoms with Crippen LogP contribution in [0.2, 0.25) is 0 Å². The summed E-state index contributed by atoms with van der Waals surface area (Å²) in [5, 5.41) is 0. The van der Waals surface area contributed by atoms with Crippen molar-refractivity contribution < 1.29 is 4.79 Å². The molecule has 1 heterocycles. The van der Waals surface area contributed by atoms with Crippen molar-refractivity contribution in [2.45, 2.75) is 13.8 Å². The van der Waals surface area contributed by atoms with E-state index < -0.39 is 5.91 Å². The summed E-state index contributed by atoms with van der Waals surface area (Å²) in [4.78, 5) is 15.6. The summed E-state index contributed by atoms with van der Waals surface area (Å²) in [7, 11) is 0. The maximum absolute atomic E-state index is 11.4. The normalized spacial score (nSPS) is 10.5. The number of carbonyl (C=O) groups is 1. The molecule has 0 saturated carbocycles. The van der Waals surface area contributed by atoms with E-state index in [1.165, 1.54) is 0 Å². The van der Waals surface area contributed by atoms with E-state index in [0.717, 1.165) is 11.4 Å². The minimum absolute atomic E-state index is 0.430. The van der Waals surface area contributed by atoms with Crippen LogP contribution in [0.1, 0.15) is 21.7 Å². The molecule has 1 aromatic carbocycles. The molecule has 5 nitrogen and oxygen atoms in total. The van der Waals surface area contributed by atoms with Gasteiger partial charge in [-0.2, -0.15) is 0 Å². The molecular weight excluding hydrogens is 216 g/mol. The first-order valence-electron chi connectivity index (χ1n) is 5.21. The van der Waals surface area contributed by atoms with E-state index >= 15 is 0 Å². The predicted molar refractivity (Wildman–Crippen MR) is 66.0 cm³/mol. The van der Waals surface area contributed by atoms with Crippen LogP contribution in [0.25, 0.3) is 5.69 Å². The van der Waals surface area contributed by atoms with Crippen LogP contribution < -0.4 is 11.5 Å². The molecule has 0 unspecified atom stereocenters. The number of aryl methyl sites for hydroxylation is 1. The Morgan fingerprint density at radius 2 is 2.06 bits per heavy atom. The van der Waals surface area contributed by atoms with Gasteiger partial charge >= 0.3 is 0 Å². The molecule has 5 heteroatoms. The first kappa shape index (κ1) is 11.2. The SMILES string of the molecule is Cc1ncn(-c2cc(N)ccc2C(N)=O)c1C. The minimum Gasteiger partial charge on any atom is -0.399 e. The molecule has 0 aliphatic heterocycles. The third-order valence-electron chi connectivity index (χ3n) is 2.80. The Hall–Kier alpha value is -2.30. The molecule has 0 radical (unpaired) electrons. The van der Waals surface area contributed by atoms with Gasteiger partial charge in [-0.1, -0.05) is 0 Å². The van der Waals surface area contributed by atoms with Gasteiger partial charge in [0.05, 0.1) is 23.3 Å². The number of benzene rings is 1. The maximum Gasteiger partial charge on any atom is 0.250 e. The summed E-state index contributed by atoms with van der Waals surface area (Å²) in [6, 6.07) is 5.00. The average Bonchev–Trinajstić information content (AvgIpc) is 2.59. The third-order valence-corrected chi connectivity index (χ3v) is 2.80. The number of aromatic nitrogens is 2. The summed E-state index contributed by atoms with van der Waals surface area (Å²) in [6.07, 6.45) is 1.66. The van der Waals surface area contributed by atoms with E-state index in [0.29, 0.717) is 16.9 Å². The van der Waals surface area contributed by atoms with E-state index in [-0.39, 0.29) is 0 Å². The Morgan fingerprint density at radius 3 is 2.59 bits per heavy atom. The molecule has 2 rings (SSSR count). The zero-order valence-electron chi connectivity index (χ0n) is 9.77. The van der Waals surface area contributed by atoms with Crippen molar-refractivity contribution in [2.75, 3.05) is 5.73 Å². The number of hydrogen-bond acceptors (Lipinski definition) is 3. The minimum atomic E-state index is -0.481. The lowest BCUT2D eigenvalue weighted by Crippen LogP contribution is -2.15. The maximum atomic E-state index is 11.4. The Labute approximate surface area is 99.1 Å². The number of primary amides is 1. The first-order valence-corrected chi connectivity index (χ1v) is 5.21. The van der Waals surface area contributed by atoms with Crippen LogP contribution in [0.4, 0.5) is 5.69 Å². The highest BCUT2D eigenvalue weighted by molar-refractivity contribution is 5.97. The summed E-state index contributed by atoms with van der Waals surface area (Å²) < 4.78 is 1.81. The molecule has 88 valence electrons. The average molecular weight is 230 g/mol. The van der Waals surface area contributed by atoms with E-state index in [1.54, 1.807) is 24.5 Å². The molecular formula is C12H14N4O. The molecule has 0 aliphatic carbocycles. The van der Waals surface area contributed by atoms with Crippen LogP contribution >= 0.6 is 0 Å². The van der Waals surface area contributed by atoms with Gasteiger partial charge in [0.25, 0.3) is 5.91 Å². The zero-order valence-corrected chi connectivity index (χ0v) is 9.77. The Balaban J connectivity index is 2.69. The molecule has 2 aromatic rings. The smallest absolute Gasteiger partial charge is 0.250 e. The molecule has 17 heavy (non-hydrogen) atoms. The van der Waals surface area contributed by atoms with E-state index in [2.05, 4.69) is 4.98 Å². The van der Waals surface area contributed by atoms with Crippen LogP contribution in [0.3, 0.4) is 0 Å². The van der Waals surface area contributed by atoms with Crippen molar-refractivity contribution in [1.82, 2.24) is 9.55 Å². The molecule has 0 bridgehead atoms. The number of carbonyl (C=O) groups excluding carboxylic acids is 1. The van der Waals surface area contributed by atoms with Gasteiger partial charge in [0.2, 0.25) is 0 Å². The number of anilines is 1. The van der Waals surface area contributed by atoms with Crippen molar-refractivity contribution in [3.05, 3.63) is 41.5 Å². The standard InChI is InChI=1S/C12H14N4O/c1-7-8(2)16(6-15-7)11-5-9(13)3-4-10(11)12(14)17/h3-6H,13H2,1-2H3,(H2,14,17). The second-order valence-corrected chi connectivity index (χ2v) is 3.93. The van der Waals surface area contributed by atoms with Crippen molar-refractivity contribution >= 4 is 11.6 Å². The second-order valence-electron chi connectivity index (χ2n) is 3.93. The molecule has 4 N–H and O–H groups in total. The van der Waals surface area contributed by atoms with Gasteiger partial charge in [0.15, 0.2) is 0 Å². The number of nitrogen functional groups attached to an aromatic ring is 1. The highest BCUT2D eigenvalue weighted by Gasteiger charge is 2.12. The zero-order chi connectivity index (χ0) is 12.6. The summed E-state index contributed by atoms with van der Waals surface area (Å²) in [6.45, 7) is 3.83. The fourth-order valence-electron chi connectivity index (χ4n) is 1.70. The number of imidazole rings is 1. The van der Waals surface area contributed by atoms with Crippen LogP contribution in [0.15, 0.2) is 24.5 Å². The van der Waals surface area contributed by atoms with Crippen molar-refractivity contribution in [3.8, 4) is 5.69 Å². The topological polar surface area (TPSA) is 86.9 Å².